The molecule has 1 spiro atoms. The molecule has 0 aromatic rings. The van der Waals surface area contributed by atoms with E-state index in [1.165, 1.54) is 0 Å². The lowest BCUT2D eigenvalue weighted by atomic mass is 9.91. The summed E-state index contributed by atoms with van der Waals surface area (Å²) in [7, 11) is -0.914. The molecule has 5 heteroatoms. The standard InChI is InChI=1S/C11H21NO3S/c1-9(2)16(13)12-10-3-5-11(6-4-10)14-7-8-15-11/h9-10,12H,3-8H2,1-2H3. The van der Waals surface area contributed by atoms with Crippen molar-refractivity contribution in [1.29, 1.82) is 0 Å². The molecule has 16 heavy (non-hydrogen) atoms. The van der Waals surface area contributed by atoms with Gasteiger partial charge >= 0.3 is 0 Å². The summed E-state index contributed by atoms with van der Waals surface area (Å²) < 4.78 is 26.2. The Morgan fingerprint density at radius 2 is 1.81 bits per heavy atom. The second kappa shape index (κ2) is 5.12. The van der Waals surface area contributed by atoms with Crippen molar-refractivity contribution in [2.24, 2.45) is 0 Å². The molecule has 1 heterocycles. The van der Waals surface area contributed by atoms with Gasteiger partial charge in [-0.1, -0.05) is 0 Å². The van der Waals surface area contributed by atoms with E-state index in [0.717, 1.165) is 38.9 Å². The smallest absolute Gasteiger partial charge is 0.168 e. The van der Waals surface area contributed by atoms with Crippen molar-refractivity contribution in [2.45, 2.75) is 56.6 Å². The normalized spacial score (nSPS) is 27.7. The number of ether oxygens (including phenoxy) is 2. The van der Waals surface area contributed by atoms with Crippen LogP contribution in [0.4, 0.5) is 0 Å². The molecule has 2 rings (SSSR count). The highest BCUT2D eigenvalue weighted by Crippen LogP contribution is 2.35. The van der Waals surface area contributed by atoms with Gasteiger partial charge in [0.05, 0.1) is 24.2 Å². The van der Waals surface area contributed by atoms with Crippen molar-refractivity contribution < 1.29 is 13.7 Å². The molecule has 0 aromatic heterocycles. The number of hydrogen-bond acceptors (Lipinski definition) is 3. The maximum atomic E-state index is 11.7. The van der Waals surface area contributed by atoms with Crippen molar-refractivity contribution in [3.05, 3.63) is 0 Å². The fourth-order valence-electron chi connectivity index (χ4n) is 2.26. The Hall–Kier alpha value is 0.0300. The summed E-state index contributed by atoms with van der Waals surface area (Å²) in [5.41, 5.74) is 0. The minimum absolute atomic E-state index is 0.176. The van der Waals surface area contributed by atoms with E-state index in [-0.39, 0.29) is 11.0 Å². The van der Waals surface area contributed by atoms with Gasteiger partial charge in [0.15, 0.2) is 5.79 Å². The van der Waals surface area contributed by atoms with Crippen LogP contribution < -0.4 is 4.72 Å². The lowest BCUT2D eigenvalue weighted by Gasteiger charge is -2.35. The highest BCUT2D eigenvalue weighted by atomic mass is 32.2. The van der Waals surface area contributed by atoms with Gasteiger partial charge in [-0.3, -0.25) is 0 Å². The molecular weight excluding hydrogens is 226 g/mol. The third kappa shape index (κ3) is 2.83. The highest BCUT2D eigenvalue weighted by Gasteiger charge is 2.40. The third-order valence-corrected chi connectivity index (χ3v) is 4.69. The molecule has 1 aliphatic heterocycles. The first-order valence-electron chi connectivity index (χ1n) is 6.06. The lowest BCUT2D eigenvalue weighted by Crippen LogP contribution is -2.43. The number of hydrogen-bond donors (Lipinski definition) is 1. The summed E-state index contributed by atoms with van der Waals surface area (Å²) in [6.07, 6.45) is 3.80. The average Bonchev–Trinajstić information content (AvgIpc) is 2.70. The van der Waals surface area contributed by atoms with Crippen molar-refractivity contribution in [2.75, 3.05) is 13.2 Å². The molecule has 0 radical (unpaired) electrons. The summed E-state index contributed by atoms with van der Waals surface area (Å²) in [6, 6.07) is 0.349. The highest BCUT2D eigenvalue weighted by molar-refractivity contribution is 7.83. The van der Waals surface area contributed by atoms with Crippen LogP contribution in [0.1, 0.15) is 39.5 Å². The Kier molecular flexibility index (Phi) is 4.00. The van der Waals surface area contributed by atoms with Crippen LogP contribution in [0.3, 0.4) is 0 Å². The molecule has 2 aliphatic rings. The molecule has 1 aliphatic carbocycles. The monoisotopic (exact) mass is 247 g/mol. The van der Waals surface area contributed by atoms with E-state index in [9.17, 15) is 4.21 Å². The van der Waals surface area contributed by atoms with E-state index in [2.05, 4.69) is 4.72 Å². The second-order valence-electron chi connectivity index (χ2n) is 4.85. The molecule has 0 bridgehead atoms. The molecule has 94 valence electrons. The van der Waals surface area contributed by atoms with Gasteiger partial charge in [0.25, 0.3) is 0 Å². The first-order chi connectivity index (χ1) is 7.61. The maximum absolute atomic E-state index is 11.7. The predicted molar refractivity (Wildman–Crippen MR) is 63.3 cm³/mol. The van der Waals surface area contributed by atoms with E-state index in [4.69, 9.17) is 9.47 Å². The van der Waals surface area contributed by atoms with Crippen LogP contribution in [-0.2, 0) is 20.5 Å². The Morgan fingerprint density at radius 1 is 1.25 bits per heavy atom. The van der Waals surface area contributed by atoms with Gasteiger partial charge < -0.3 is 9.47 Å². The van der Waals surface area contributed by atoms with Crippen LogP contribution in [-0.4, -0.2) is 34.5 Å². The quantitative estimate of drug-likeness (QED) is 0.818. The summed E-state index contributed by atoms with van der Waals surface area (Å²) >= 11 is 0. The molecule has 1 atom stereocenters. The average molecular weight is 247 g/mol. The molecule has 4 nitrogen and oxygen atoms in total. The van der Waals surface area contributed by atoms with Crippen LogP contribution in [0.15, 0.2) is 0 Å². The van der Waals surface area contributed by atoms with E-state index in [1.807, 2.05) is 13.8 Å². The van der Waals surface area contributed by atoms with Gasteiger partial charge in [-0.05, 0) is 26.7 Å². The molecule has 1 N–H and O–H groups in total. The van der Waals surface area contributed by atoms with E-state index >= 15 is 0 Å². The van der Waals surface area contributed by atoms with Gasteiger partial charge in [0.2, 0.25) is 0 Å². The summed E-state index contributed by atoms with van der Waals surface area (Å²) in [4.78, 5) is 0. The van der Waals surface area contributed by atoms with Gasteiger partial charge in [-0.25, -0.2) is 8.93 Å². The number of rotatable bonds is 3. The van der Waals surface area contributed by atoms with Crippen LogP contribution >= 0.6 is 0 Å². The van der Waals surface area contributed by atoms with Crippen LogP contribution in [0, 0.1) is 0 Å². The number of nitrogens with one attached hydrogen (secondary N) is 1. The van der Waals surface area contributed by atoms with Crippen molar-refractivity contribution >= 4 is 11.0 Å². The predicted octanol–water partition coefficient (Wildman–Crippen LogP) is 1.33. The Labute approximate surface area is 99.7 Å². The van der Waals surface area contributed by atoms with Crippen LogP contribution in [0.5, 0.6) is 0 Å². The molecular formula is C11H21NO3S. The maximum Gasteiger partial charge on any atom is 0.168 e. The zero-order chi connectivity index (χ0) is 11.6. The van der Waals surface area contributed by atoms with Crippen LogP contribution in [0.2, 0.25) is 0 Å². The van der Waals surface area contributed by atoms with Crippen molar-refractivity contribution in [3.63, 3.8) is 0 Å². The summed E-state index contributed by atoms with van der Waals surface area (Å²) in [5.74, 6) is -0.308. The second-order valence-corrected chi connectivity index (χ2v) is 6.62. The molecule has 2 fully saturated rings. The molecule has 1 unspecified atom stereocenters. The van der Waals surface area contributed by atoms with Gasteiger partial charge in [-0.2, -0.15) is 0 Å². The largest absolute Gasteiger partial charge is 0.348 e. The van der Waals surface area contributed by atoms with Crippen LogP contribution in [0.25, 0.3) is 0 Å². The lowest BCUT2D eigenvalue weighted by molar-refractivity contribution is -0.178. The van der Waals surface area contributed by atoms with Crippen molar-refractivity contribution in [3.8, 4) is 0 Å². The minimum atomic E-state index is -0.914. The molecule has 0 amide bonds. The first-order valence-corrected chi connectivity index (χ1v) is 7.27. The molecule has 1 saturated heterocycles. The third-order valence-electron chi connectivity index (χ3n) is 3.27. The summed E-state index contributed by atoms with van der Waals surface area (Å²) in [5, 5.41) is 0.176. The minimum Gasteiger partial charge on any atom is -0.348 e. The Morgan fingerprint density at radius 3 is 2.31 bits per heavy atom. The van der Waals surface area contributed by atoms with E-state index in [1.54, 1.807) is 0 Å². The molecule has 0 aromatic carbocycles. The summed E-state index contributed by atoms with van der Waals surface area (Å²) in [6.45, 7) is 5.37. The molecule has 1 saturated carbocycles. The Bertz CT molecular complexity index is 254. The van der Waals surface area contributed by atoms with E-state index in [0.29, 0.717) is 6.04 Å². The SMILES string of the molecule is CC(C)S(=O)NC1CCC2(CC1)OCCO2. The zero-order valence-corrected chi connectivity index (χ0v) is 10.8. The fraction of sp³-hybridized carbons (Fsp3) is 1.00. The van der Waals surface area contributed by atoms with E-state index < -0.39 is 11.0 Å². The van der Waals surface area contributed by atoms with Gasteiger partial charge in [0.1, 0.15) is 0 Å². The topological polar surface area (TPSA) is 47.6 Å². The van der Waals surface area contributed by atoms with Crippen molar-refractivity contribution in [1.82, 2.24) is 4.72 Å². The van der Waals surface area contributed by atoms with Gasteiger partial charge in [0, 0.05) is 24.1 Å². The Balaban J connectivity index is 1.79. The fourth-order valence-corrected chi connectivity index (χ4v) is 3.10. The van der Waals surface area contributed by atoms with Gasteiger partial charge in [-0.15, -0.1) is 0 Å². The zero-order valence-electron chi connectivity index (χ0n) is 10.0. The first kappa shape index (κ1) is 12.5.